The molecule has 0 aromatic carbocycles. The lowest BCUT2D eigenvalue weighted by molar-refractivity contribution is 0.184. The number of hydrogen-bond acceptors (Lipinski definition) is 0. The minimum absolute atomic E-state index is 0.264. The van der Waals surface area contributed by atoms with E-state index in [0.29, 0.717) is 0 Å². The Morgan fingerprint density at radius 1 is 1.22 bits per heavy atom. The molecule has 2 atom stereocenters. The van der Waals surface area contributed by atoms with Crippen LogP contribution in [-0.4, -0.2) is 19.0 Å². The molecule has 0 N–H and O–H groups in total. The maximum atomic E-state index is 12.2. The Labute approximate surface area is 53.1 Å². The topological polar surface area (TPSA) is 0 Å². The molecule has 0 aliphatic rings. The van der Waals surface area contributed by atoms with Crippen LogP contribution in [0.25, 0.3) is 0 Å². The molecule has 0 heterocycles. The summed E-state index contributed by atoms with van der Waals surface area (Å²) in [5.41, 5.74) is 0. The smallest absolute Gasteiger partial charge is 0.131 e. The van der Waals surface area contributed by atoms with Crippen LogP contribution in [0, 0.1) is 0 Å². The minimum Gasteiger partial charge on any atom is -0.248 e. The summed E-state index contributed by atoms with van der Waals surface area (Å²) in [6.07, 6.45) is -2.83. The van der Waals surface area contributed by atoms with E-state index in [9.17, 15) is 13.2 Å². The van der Waals surface area contributed by atoms with E-state index in [4.69, 9.17) is 0 Å². The maximum Gasteiger partial charge on any atom is 0.131 e. The van der Waals surface area contributed by atoms with E-state index in [1.54, 1.807) is 6.92 Å². The molecule has 0 aromatic rings. The van der Waals surface area contributed by atoms with Gasteiger partial charge in [0.2, 0.25) is 0 Å². The van der Waals surface area contributed by atoms with Gasteiger partial charge in [0.05, 0.1) is 0 Å². The second-order valence-corrected chi connectivity index (χ2v) is 1.99. The van der Waals surface area contributed by atoms with Crippen LogP contribution in [0.3, 0.4) is 0 Å². The summed E-state index contributed by atoms with van der Waals surface area (Å²) in [5.74, 6) is 0. The van der Waals surface area contributed by atoms with E-state index in [1.807, 2.05) is 0 Å². The van der Waals surface area contributed by atoms with Crippen molar-refractivity contribution in [2.75, 3.05) is 6.67 Å². The Balaban J connectivity index is 3.22. The fourth-order valence-corrected chi connectivity index (χ4v) is 0.507. The summed E-state index contributed by atoms with van der Waals surface area (Å²) in [7, 11) is 0. The highest BCUT2D eigenvalue weighted by atomic mass is 19.2. The molecule has 0 saturated carbocycles. The van der Waals surface area contributed by atoms with Crippen LogP contribution in [0.1, 0.15) is 19.8 Å². The predicted molar refractivity (Wildman–Crippen MR) is 30.7 cm³/mol. The third-order valence-electron chi connectivity index (χ3n) is 1.12. The van der Waals surface area contributed by atoms with E-state index in [0.717, 1.165) is 0 Å². The second-order valence-electron chi connectivity index (χ2n) is 1.99. The monoisotopic (exact) mass is 140 g/mol. The zero-order chi connectivity index (χ0) is 7.28. The van der Waals surface area contributed by atoms with Gasteiger partial charge in [-0.25, -0.2) is 13.2 Å². The Morgan fingerprint density at radius 2 is 1.78 bits per heavy atom. The van der Waals surface area contributed by atoms with Crippen LogP contribution in [0.2, 0.25) is 0 Å². The second kappa shape index (κ2) is 4.65. The van der Waals surface area contributed by atoms with Gasteiger partial charge >= 0.3 is 0 Å². The molecular formula is C6H11F3. The van der Waals surface area contributed by atoms with Crippen molar-refractivity contribution < 1.29 is 13.2 Å². The molecule has 0 spiro atoms. The standard InChI is InChI=1S/C6H11F3/c1-2-5(8)3-6(9)4-7/h5-6H,2-4H2,1H3/t5?,6-/m0/s1. The first-order chi connectivity index (χ1) is 4.20. The lowest BCUT2D eigenvalue weighted by Crippen LogP contribution is -2.10. The summed E-state index contributed by atoms with van der Waals surface area (Å²) < 4.78 is 35.5. The van der Waals surface area contributed by atoms with E-state index < -0.39 is 19.0 Å². The van der Waals surface area contributed by atoms with E-state index in [2.05, 4.69) is 0 Å². The van der Waals surface area contributed by atoms with Crippen LogP contribution in [0.15, 0.2) is 0 Å². The maximum absolute atomic E-state index is 12.2. The highest BCUT2D eigenvalue weighted by molar-refractivity contribution is 4.60. The van der Waals surface area contributed by atoms with Gasteiger partial charge in [-0.05, 0) is 6.42 Å². The van der Waals surface area contributed by atoms with Crippen molar-refractivity contribution in [1.82, 2.24) is 0 Å². The molecule has 0 amide bonds. The summed E-state index contributed by atoms with van der Waals surface area (Å²) in [4.78, 5) is 0. The molecule has 0 fully saturated rings. The van der Waals surface area contributed by atoms with Crippen LogP contribution >= 0.6 is 0 Å². The van der Waals surface area contributed by atoms with Crippen molar-refractivity contribution >= 4 is 0 Å². The lowest BCUT2D eigenvalue weighted by Gasteiger charge is -2.05. The molecule has 0 rings (SSSR count). The van der Waals surface area contributed by atoms with Gasteiger partial charge in [-0.2, -0.15) is 0 Å². The molecule has 0 radical (unpaired) electrons. The van der Waals surface area contributed by atoms with Crippen molar-refractivity contribution in [2.45, 2.75) is 32.1 Å². The van der Waals surface area contributed by atoms with Gasteiger partial charge in [0, 0.05) is 6.42 Å². The average molecular weight is 140 g/mol. The largest absolute Gasteiger partial charge is 0.248 e. The highest BCUT2D eigenvalue weighted by Crippen LogP contribution is 2.09. The van der Waals surface area contributed by atoms with Gasteiger partial charge in [0.15, 0.2) is 0 Å². The third-order valence-corrected chi connectivity index (χ3v) is 1.12. The van der Waals surface area contributed by atoms with Crippen molar-refractivity contribution in [1.29, 1.82) is 0 Å². The summed E-state index contributed by atoms with van der Waals surface area (Å²) in [6.45, 7) is 0.538. The fraction of sp³-hybridized carbons (Fsp3) is 1.00. The van der Waals surface area contributed by atoms with Gasteiger partial charge in [0.1, 0.15) is 19.0 Å². The van der Waals surface area contributed by atoms with Crippen molar-refractivity contribution in [3.8, 4) is 0 Å². The summed E-state index contributed by atoms with van der Waals surface area (Å²) in [6, 6.07) is 0. The van der Waals surface area contributed by atoms with E-state index in [-0.39, 0.29) is 12.8 Å². The molecule has 0 nitrogen and oxygen atoms in total. The first-order valence-corrected chi connectivity index (χ1v) is 3.04. The van der Waals surface area contributed by atoms with E-state index in [1.165, 1.54) is 0 Å². The Morgan fingerprint density at radius 3 is 2.11 bits per heavy atom. The molecule has 56 valence electrons. The Bertz CT molecular complexity index is 57.3. The number of halogens is 3. The SMILES string of the molecule is CCC(F)C[C@H](F)CF. The van der Waals surface area contributed by atoms with E-state index >= 15 is 0 Å². The lowest BCUT2D eigenvalue weighted by atomic mass is 10.2. The number of hydrogen-bond donors (Lipinski definition) is 0. The number of alkyl halides is 3. The first-order valence-electron chi connectivity index (χ1n) is 3.04. The van der Waals surface area contributed by atoms with Crippen LogP contribution in [0.5, 0.6) is 0 Å². The predicted octanol–water partition coefficient (Wildman–Crippen LogP) is 2.43. The Kier molecular flexibility index (Phi) is 4.54. The van der Waals surface area contributed by atoms with Gasteiger partial charge < -0.3 is 0 Å². The van der Waals surface area contributed by atoms with Crippen molar-refractivity contribution in [3.63, 3.8) is 0 Å². The van der Waals surface area contributed by atoms with Crippen molar-refractivity contribution in [3.05, 3.63) is 0 Å². The minimum atomic E-state index is -1.61. The number of rotatable bonds is 4. The molecule has 1 unspecified atom stereocenters. The summed E-state index contributed by atoms with van der Waals surface area (Å²) >= 11 is 0. The van der Waals surface area contributed by atoms with Gasteiger partial charge in [-0.15, -0.1) is 0 Å². The highest BCUT2D eigenvalue weighted by Gasteiger charge is 2.12. The molecule has 0 aliphatic heterocycles. The van der Waals surface area contributed by atoms with Crippen LogP contribution in [0.4, 0.5) is 13.2 Å². The Hall–Kier alpha value is -0.210. The molecule has 3 heteroatoms. The van der Waals surface area contributed by atoms with Gasteiger partial charge in [-0.3, -0.25) is 0 Å². The molecule has 0 aliphatic carbocycles. The summed E-state index contributed by atoms with van der Waals surface area (Å²) in [5, 5.41) is 0. The fourth-order valence-electron chi connectivity index (χ4n) is 0.507. The zero-order valence-corrected chi connectivity index (χ0v) is 5.41. The van der Waals surface area contributed by atoms with Crippen molar-refractivity contribution in [2.24, 2.45) is 0 Å². The molecule has 0 aromatic heterocycles. The zero-order valence-electron chi connectivity index (χ0n) is 5.41. The van der Waals surface area contributed by atoms with Gasteiger partial charge in [-0.1, -0.05) is 6.92 Å². The average Bonchev–Trinajstić information content (AvgIpc) is 1.87. The molecule has 0 bridgehead atoms. The quantitative estimate of drug-likeness (QED) is 0.562. The molecule has 0 saturated heterocycles. The van der Waals surface area contributed by atoms with Gasteiger partial charge in [0.25, 0.3) is 0 Å². The first kappa shape index (κ1) is 8.79. The third kappa shape index (κ3) is 4.30. The molecular weight excluding hydrogens is 129 g/mol. The normalized spacial score (nSPS) is 17.3. The van der Waals surface area contributed by atoms with Crippen LogP contribution in [-0.2, 0) is 0 Å². The molecule has 9 heavy (non-hydrogen) atoms. The van der Waals surface area contributed by atoms with Crippen LogP contribution < -0.4 is 0 Å².